The zero-order valence-corrected chi connectivity index (χ0v) is 21.9. The number of carbonyl (C=O) groups excluding carboxylic acids is 2. The van der Waals surface area contributed by atoms with E-state index >= 15 is 0 Å². The summed E-state index contributed by atoms with van der Waals surface area (Å²) >= 11 is 6.55. The zero-order valence-electron chi connectivity index (χ0n) is 21.1. The van der Waals surface area contributed by atoms with Crippen molar-refractivity contribution in [1.29, 1.82) is 0 Å². The van der Waals surface area contributed by atoms with Crippen LogP contribution in [0.1, 0.15) is 56.7 Å². The number of allylic oxidation sites excluding steroid dienone is 3. The van der Waals surface area contributed by atoms with Crippen LogP contribution in [0.5, 0.6) is 0 Å². The molecule has 2 amide bonds. The lowest BCUT2D eigenvalue weighted by Crippen LogP contribution is -2.25. The van der Waals surface area contributed by atoms with Crippen molar-refractivity contribution in [2.45, 2.75) is 46.8 Å². The highest BCUT2D eigenvalue weighted by Gasteiger charge is 2.32. The Bertz CT molecular complexity index is 1390. The molecule has 0 spiro atoms. The predicted molar refractivity (Wildman–Crippen MR) is 139 cm³/mol. The summed E-state index contributed by atoms with van der Waals surface area (Å²) in [4.78, 5) is 27.5. The van der Waals surface area contributed by atoms with Crippen LogP contribution in [0, 0.1) is 0 Å². The SMILES string of the molecule is C/C(=C/C(C)=C(\C)CNC(=O)c1cc(-c2ccc(C(F)(F)F)nc2)cc2c1c(Cl)cn2C(C)C)NC=O. The lowest BCUT2D eigenvalue weighted by Gasteiger charge is -2.14. The minimum absolute atomic E-state index is 0.0229. The van der Waals surface area contributed by atoms with E-state index in [0.717, 1.165) is 23.4 Å². The van der Waals surface area contributed by atoms with E-state index in [2.05, 4.69) is 15.6 Å². The lowest BCUT2D eigenvalue weighted by molar-refractivity contribution is -0.141. The first-order chi connectivity index (χ1) is 17.3. The number of fused-ring (bicyclic) bond motifs is 1. The van der Waals surface area contributed by atoms with Gasteiger partial charge in [-0.2, -0.15) is 13.2 Å². The van der Waals surface area contributed by atoms with Gasteiger partial charge >= 0.3 is 6.18 Å². The zero-order chi connectivity index (χ0) is 27.5. The smallest absolute Gasteiger partial charge is 0.348 e. The second kappa shape index (κ2) is 11.2. The van der Waals surface area contributed by atoms with Gasteiger partial charge < -0.3 is 15.2 Å². The molecule has 0 aliphatic carbocycles. The molecular weight excluding hydrogens is 505 g/mol. The van der Waals surface area contributed by atoms with Crippen molar-refractivity contribution in [1.82, 2.24) is 20.2 Å². The first-order valence-electron chi connectivity index (χ1n) is 11.5. The summed E-state index contributed by atoms with van der Waals surface area (Å²) in [5, 5.41) is 6.42. The van der Waals surface area contributed by atoms with Crippen LogP contribution < -0.4 is 10.6 Å². The molecule has 2 aromatic heterocycles. The summed E-state index contributed by atoms with van der Waals surface area (Å²) in [5.41, 5.74) is 3.40. The molecule has 0 unspecified atom stereocenters. The number of hydrogen-bond donors (Lipinski definition) is 2. The largest absolute Gasteiger partial charge is 0.433 e. The second-order valence-corrected chi connectivity index (χ2v) is 9.47. The molecule has 0 bridgehead atoms. The van der Waals surface area contributed by atoms with Crippen molar-refractivity contribution >= 4 is 34.8 Å². The first-order valence-corrected chi connectivity index (χ1v) is 11.9. The number of amides is 2. The summed E-state index contributed by atoms with van der Waals surface area (Å²) in [6, 6.07) is 5.68. The standard InChI is InChI=1S/C27H28ClF3N4O2/c1-15(2)35-13-22(28)25-21(26(37)33-11-17(4)16(3)8-18(5)34-14-36)9-20(10-23(25)35)19-6-7-24(32-12-19)27(29,30)31/h6-10,12-15H,11H2,1-5H3,(H,33,37)(H,34,36)/b17-16+,18-8-. The Morgan fingerprint density at radius 2 is 1.86 bits per heavy atom. The van der Waals surface area contributed by atoms with E-state index < -0.39 is 11.9 Å². The molecule has 196 valence electrons. The van der Waals surface area contributed by atoms with E-state index in [-0.39, 0.29) is 18.5 Å². The Balaban J connectivity index is 2.05. The van der Waals surface area contributed by atoms with Gasteiger partial charge in [0, 0.05) is 41.6 Å². The highest BCUT2D eigenvalue weighted by molar-refractivity contribution is 6.37. The molecule has 0 atom stereocenters. The molecule has 3 rings (SSSR count). The fourth-order valence-corrected chi connectivity index (χ4v) is 4.18. The number of aromatic nitrogens is 2. The van der Waals surface area contributed by atoms with E-state index in [1.165, 1.54) is 6.07 Å². The highest BCUT2D eigenvalue weighted by atomic mass is 35.5. The van der Waals surface area contributed by atoms with Crippen molar-refractivity contribution in [3.63, 3.8) is 0 Å². The Labute approximate surface area is 218 Å². The van der Waals surface area contributed by atoms with Gasteiger partial charge in [0.05, 0.1) is 16.1 Å². The second-order valence-electron chi connectivity index (χ2n) is 9.06. The minimum Gasteiger partial charge on any atom is -0.348 e. The minimum atomic E-state index is -4.55. The monoisotopic (exact) mass is 532 g/mol. The third kappa shape index (κ3) is 6.40. The number of alkyl halides is 3. The number of nitrogens with one attached hydrogen (secondary N) is 2. The number of carbonyl (C=O) groups is 2. The van der Waals surface area contributed by atoms with Crippen LogP contribution in [0.3, 0.4) is 0 Å². The third-order valence-corrected chi connectivity index (χ3v) is 6.27. The number of hydrogen-bond acceptors (Lipinski definition) is 3. The maximum absolute atomic E-state index is 13.4. The average molecular weight is 533 g/mol. The quantitative estimate of drug-likeness (QED) is 0.251. The van der Waals surface area contributed by atoms with Crippen molar-refractivity contribution < 1.29 is 22.8 Å². The third-order valence-electron chi connectivity index (χ3n) is 5.98. The molecule has 0 fully saturated rings. The van der Waals surface area contributed by atoms with E-state index in [1.54, 1.807) is 31.3 Å². The fraction of sp³-hybridized carbons (Fsp3) is 0.296. The van der Waals surface area contributed by atoms with Crippen molar-refractivity contribution in [2.75, 3.05) is 6.54 Å². The van der Waals surface area contributed by atoms with Gasteiger partial charge in [0.15, 0.2) is 0 Å². The van der Waals surface area contributed by atoms with Gasteiger partial charge in [-0.3, -0.25) is 14.6 Å². The van der Waals surface area contributed by atoms with E-state index in [1.807, 2.05) is 32.3 Å². The first kappa shape index (κ1) is 28.0. The molecule has 0 aliphatic heterocycles. The average Bonchev–Trinajstić information content (AvgIpc) is 3.18. The molecule has 2 heterocycles. The molecule has 0 aliphatic rings. The van der Waals surface area contributed by atoms with Gasteiger partial charge in [0.1, 0.15) is 5.69 Å². The van der Waals surface area contributed by atoms with Crippen LogP contribution >= 0.6 is 11.6 Å². The molecule has 1 aromatic carbocycles. The highest BCUT2D eigenvalue weighted by Crippen LogP contribution is 2.36. The number of halogens is 4. The maximum Gasteiger partial charge on any atom is 0.433 e. The van der Waals surface area contributed by atoms with Gasteiger partial charge in [-0.05, 0) is 70.0 Å². The summed E-state index contributed by atoms with van der Waals surface area (Å²) in [6.45, 7) is 9.66. The Morgan fingerprint density at radius 3 is 2.43 bits per heavy atom. The normalized spacial score (nSPS) is 13.1. The lowest BCUT2D eigenvalue weighted by atomic mass is 10.00. The molecular formula is C27H28ClF3N4O2. The molecule has 0 saturated carbocycles. The predicted octanol–water partition coefficient (Wildman–Crippen LogP) is 6.67. The number of pyridine rings is 1. The molecule has 3 aromatic rings. The maximum atomic E-state index is 13.4. The van der Waals surface area contributed by atoms with Crippen molar-refractivity contribution in [3.05, 3.63) is 75.9 Å². The van der Waals surface area contributed by atoms with E-state index in [9.17, 15) is 22.8 Å². The van der Waals surface area contributed by atoms with Gasteiger partial charge in [-0.1, -0.05) is 23.2 Å². The van der Waals surface area contributed by atoms with Crippen LogP contribution in [0.4, 0.5) is 13.2 Å². The van der Waals surface area contributed by atoms with Crippen LogP contribution in [-0.4, -0.2) is 28.4 Å². The molecule has 0 saturated heterocycles. The van der Waals surface area contributed by atoms with Gasteiger partial charge in [0.25, 0.3) is 5.91 Å². The van der Waals surface area contributed by atoms with Gasteiger partial charge in [-0.25, -0.2) is 0 Å². The van der Waals surface area contributed by atoms with Crippen LogP contribution in [0.15, 0.2) is 59.6 Å². The number of nitrogens with zero attached hydrogens (tertiary/aromatic N) is 2. The van der Waals surface area contributed by atoms with Crippen molar-refractivity contribution in [3.8, 4) is 11.1 Å². The summed E-state index contributed by atoms with van der Waals surface area (Å²) in [5.74, 6) is -0.381. The molecule has 0 radical (unpaired) electrons. The van der Waals surface area contributed by atoms with E-state index in [4.69, 9.17) is 11.6 Å². The molecule has 37 heavy (non-hydrogen) atoms. The summed E-state index contributed by atoms with van der Waals surface area (Å²) < 4.78 is 40.9. The molecule has 10 heteroatoms. The topological polar surface area (TPSA) is 76.0 Å². The van der Waals surface area contributed by atoms with Crippen LogP contribution in [-0.2, 0) is 11.0 Å². The number of rotatable bonds is 8. The van der Waals surface area contributed by atoms with Gasteiger partial charge in [0.2, 0.25) is 6.41 Å². The Morgan fingerprint density at radius 1 is 1.16 bits per heavy atom. The molecule has 2 N–H and O–H groups in total. The van der Waals surface area contributed by atoms with E-state index in [0.29, 0.717) is 44.7 Å². The molecule has 6 nitrogen and oxygen atoms in total. The van der Waals surface area contributed by atoms with Gasteiger partial charge in [-0.15, -0.1) is 0 Å². The fourth-order valence-electron chi connectivity index (χ4n) is 3.87. The summed E-state index contributed by atoms with van der Waals surface area (Å²) in [7, 11) is 0. The Kier molecular flexibility index (Phi) is 8.48. The van der Waals surface area contributed by atoms with Crippen LogP contribution in [0.25, 0.3) is 22.0 Å². The van der Waals surface area contributed by atoms with Crippen LogP contribution in [0.2, 0.25) is 5.02 Å². The number of benzene rings is 1. The van der Waals surface area contributed by atoms with Crippen molar-refractivity contribution in [2.24, 2.45) is 0 Å². The Hall–Kier alpha value is -3.59. The summed E-state index contributed by atoms with van der Waals surface area (Å²) in [6.07, 6.45) is 0.729.